The third-order valence-electron chi connectivity index (χ3n) is 4.87. The highest BCUT2D eigenvalue weighted by molar-refractivity contribution is 7.89. The molecule has 0 radical (unpaired) electrons. The fourth-order valence-corrected chi connectivity index (χ4v) is 4.61. The maximum Gasteiger partial charge on any atom is 0.243 e. The van der Waals surface area contributed by atoms with Crippen LogP contribution in [0.25, 0.3) is 0 Å². The summed E-state index contributed by atoms with van der Waals surface area (Å²) in [5.74, 6) is -0.334. The van der Waals surface area contributed by atoms with Gasteiger partial charge in [0.1, 0.15) is 0 Å². The van der Waals surface area contributed by atoms with Crippen LogP contribution in [-0.4, -0.2) is 31.7 Å². The van der Waals surface area contributed by atoms with Gasteiger partial charge < -0.3 is 5.32 Å². The Morgan fingerprint density at radius 3 is 2.00 bits per heavy atom. The van der Waals surface area contributed by atoms with Crippen molar-refractivity contribution in [2.24, 2.45) is 0 Å². The smallest absolute Gasteiger partial charge is 0.243 e. The molecule has 0 spiro atoms. The second-order valence-corrected chi connectivity index (χ2v) is 9.03. The number of amides is 1. The minimum Gasteiger partial charge on any atom is -0.348 e. The van der Waals surface area contributed by atoms with Gasteiger partial charge in [0.05, 0.1) is 17.5 Å². The van der Waals surface area contributed by atoms with Crippen molar-refractivity contribution in [3.05, 3.63) is 102 Å². The Labute approximate surface area is 178 Å². The van der Waals surface area contributed by atoms with Gasteiger partial charge in [-0.15, -0.1) is 0 Å². The predicted octanol–water partition coefficient (Wildman–Crippen LogP) is 3.80. The summed E-state index contributed by atoms with van der Waals surface area (Å²) >= 11 is 0. The van der Waals surface area contributed by atoms with Crippen molar-refractivity contribution < 1.29 is 13.2 Å². The molecule has 0 bridgehead atoms. The highest BCUT2D eigenvalue weighted by Gasteiger charge is 2.26. The van der Waals surface area contributed by atoms with E-state index in [0.29, 0.717) is 6.42 Å². The Kier molecular flexibility index (Phi) is 7.38. The molecule has 30 heavy (non-hydrogen) atoms. The highest BCUT2D eigenvalue weighted by atomic mass is 32.2. The maximum atomic E-state index is 13.2. The van der Waals surface area contributed by atoms with Crippen molar-refractivity contribution in [1.29, 1.82) is 0 Å². The Balaban J connectivity index is 1.75. The lowest BCUT2D eigenvalue weighted by atomic mass is 10.1. The lowest BCUT2D eigenvalue weighted by Gasteiger charge is -2.23. The molecule has 5 nitrogen and oxygen atoms in total. The van der Waals surface area contributed by atoms with Crippen molar-refractivity contribution in [2.45, 2.75) is 24.3 Å². The highest BCUT2D eigenvalue weighted by Crippen LogP contribution is 2.17. The monoisotopic (exact) mass is 422 g/mol. The topological polar surface area (TPSA) is 66.5 Å². The third-order valence-corrected chi connectivity index (χ3v) is 6.73. The van der Waals surface area contributed by atoms with E-state index in [9.17, 15) is 13.2 Å². The SMILES string of the molecule is C[C@H](NC(=O)CN(CCc1ccccc1)S(=O)(=O)c1ccccc1)c1ccccc1. The van der Waals surface area contributed by atoms with Gasteiger partial charge in [0, 0.05) is 6.54 Å². The summed E-state index contributed by atoms with van der Waals surface area (Å²) in [4.78, 5) is 12.9. The molecule has 3 aromatic rings. The maximum absolute atomic E-state index is 13.2. The zero-order valence-electron chi connectivity index (χ0n) is 16.9. The lowest BCUT2D eigenvalue weighted by Crippen LogP contribution is -2.42. The molecule has 3 aromatic carbocycles. The van der Waals surface area contributed by atoms with Crippen LogP contribution in [0, 0.1) is 0 Å². The molecule has 156 valence electrons. The van der Waals surface area contributed by atoms with Crippen LogP contribution in [-0.2, 0) is 21.2 Å². The van der Waals surface area contributed by atoms with Gasteiger partial charge in [0.15, 0.2) is 0 Å². The van der Waals surface area contributed by atoms with Crippen molar-refractivity contribution in [3.8, 4) is 0 Å². The normalized spacial score (nSPS) is 12.5. The third kappa shape index (κ3) is 5.78. The second kappa shape index (κ2) is 10.2. The molecule has 1 amide bonds. The minimum atomic E-state index is -3.79. The van der Waals surface area contributed by atoms with Crippen molar-refractivity contribution >= 4 is 15.9 Å². The summed E-state index contributed by atoms with van der Waals surface area (Å²) in [5.41, 5.74) is 1.98. The minimum absolute atomic E-state index is 0.182. The van der Waals surface area contributed by atoms with Crippen molar-refractivity contribution in [1.82, 2.24) is 9.62 Å². The number of hydrogen-bond acceptors (Lipinski definition) is 3. The molecule has 0 saturated heterocycles. The average Bonchev–Trinajstić information content (AvgIpc) is 2.78. The number of nitrogens with one attached hydrogen (secondary N) is 1. The Morgan fingerprint density at radius 2 is 1.40 bits per heavy atom. The van der Waals surface area contributed by atoms with E-state index in [0.717, 1.165) is 11.1 Å². The first-order valence-corrected chi connectivity index (χ1v) is 11.3. The van der Waals surface area contributed by atoms with Crippen LogP contribution >= 0.6 is 0 Å². The van der Waals surface area contributed by atoms with Gasteiger partial charge in [-0.1, -0.05) is 78.9 Å². The average molecular weight is 423 g/mol. The summed E-state index contributed by atoms with van der Waals surface area (Å²) in [6.45, 7) is 1.86. The molecule has 0 aliphatic rings. The van der Waals surface area contributed by atoms with Gasteiger partial charge >= 0.3 is 0 Å². The van der Waals surface area contributed by atoms with E-state index >= 15 is 0 Å². The molecular formula is C24H26N2O3S. The number of carbonyl (C=O) groups excluding carboxylic acids is 1. The van der Waals surface area contributed by atoms with E-state index in [2.05, 4.69) is 5.32 Å². The fraction of sp³-hybridized carbons (Fsp3) is 0.208. The van der Waals surface area contributed by atoms with Gasteiger partial charge in [-0.3, -0.25) is 4.79 Å². The van der Waals surface area contributed by atoms with Gasteiger partial charge in [0.2, 0.25) is 15.9 Å². The van der Waals surface area contributed by atoms with E-state index in [4.69, 9.17) is 0 Å². The first-order valence-electron chi connectivity index (χ1n) is 9.90. The van der Waals surface area contributed by atoms with Gasteiger partial charge in [-0.25, -0.2) is 8.42 Å². The van der Waals surface area contributed by atoms with E-state index in [1.165, 1.54) is 4.31 Å². The Hall–Kier alpha value is -2.96. The number of benzene rings is 3. The first-order chi connectivity index (χ1) is 14.5. The number of hydrogen-bond donors (Lipinski definition) is 1. The van der Waals surface area contributed by atoms with Gasteiger partial charge in [-0.05, 0) is 36.6 Å². The molecule has 1 atom stereocenters. The zero-order valence-corrected chi connectivity index (χ0v) is 17.8. The van der Waals surface area contributed by atoms with Gasteiger partial charge in [-0.2, -0.15) is 4.31 Å². The fourth-order valence-electron chi connectivity index (χ4n) is 3.20. The molecule has 0 unspecified atom stereocenters. The molecule has 0 aromatic heterocycles. The summed E-state index contributed by atoms with van der Waals surface area (Å²) in [5, 5.41) is 2.90. The number of carbonyl (C=O) groups is 1. The first kappa shape index (κ1) is 21.7. The van der Waals surface area contributed by atoms with Crippen LogP contribution in [0.4, 0.5) is 0 Å². The Bertz CT molecular complexity index is 1040. The Morgan fingerprint density at radius 1 is 0.867 bits per heavy atom. The summed E-state index contributed by atoms with van der Waals surface area (Å²) in [6, 6.07) is 27.2. The molecule has 0 fully saturated rings. The number of nitrogens with zero attached hydrogens (tertiary/aromatic N) is 1. The van der Waals surface area contributed by atoms with Crippen LogP contribution in [0.15, 0.2) is 95.9 Å². The van der Waals surface area contributed by atoms with Crippen LogP contribution in [0.1, 0.15) is 24.1 Å². The molecule has 0 heterocycles. The van der Waals surface area contributed by atoms with Gasteiger partial charge in [0.25, 0.3) is 0 Å². The zero-order chi connectivity index (χ0) is 21.4. The molecule has 1 N–H and O–H groups in total. The molecule has 3 rings (SSSR count). The summed E-state index contributed by atoms with van der Waals surface area (Å²) < 4.78 is 27.6. The molecule has 0 aliphatic carbocycles. The van der Waals surface area contributed by atoms with Crippen LogP contribution < -0.4 is 5.32 Å². The number of rotatable bonds is 9. The van der Waals surface area contributed by atoms with Crippen molar-refractivity contribution in [2.75, 3.05) is 13.1 Å². The quantitative estimate of drug-likeness (QED) is 0.570. The predicted molar refractivity (Wildman–Crippen MR) is 118 cm³/mol. The van der Waals surface area contributed by atoms with Crippen LogP contribution in [0.3, 0.4) is 0 Å². The summed E-state index contributed by atoms with van der Waals surface area (Å²) in [6.07, 6.45) is 0.522. The van der Waals surface area contributed by atoms with Crippen LogP contribution in [0.5, 0.6) is 0 Å². The second-order valence-electron chi connectivity index (χ2n) is 7.09. The van der Waals surface area contributed by atoms with E-state index in [1.54, 1.807) is 30.3 Å². The standard InChI is InChI=1S/C24H26N2O3S/c1-20(22-13-7-3-8-14-22)25-24(27)19-26(18-17-21-11-5-2-6-12-21)30(28,29)23-15-9-4-10-16-23/h2-16,20H,17-19H2,1H3,(H,25,27)/t20-/m0/s1. The lowest BCUT2D eigenvalue weighted by molar-refractivity contribution is -0.121. The molecule has 0 aliphatic heterocycles. The molecular weight excluding hydrogens is 396 g/mol. The number of sulfonamides is 1. The largest absolute Gasteiger partial charge is 0.348 e. The van der Waals surface area contributed by atoms with E-state index in [1.807, 2.05) is 67.6 Å². The summed E-state index contributed by atoms with van der Waals surface area (Å²) in [7, 11) is -3.79. The molecule has 0 saturated carbocycles. The van der Waals surface area contributed by atoms with Crippen molar-refractivity contribution in [3.63, 3.8) is 0 Å². The molecule has 6 heteroatoms. The van der Waals surface area contributed by atoms with Crippen LogP contribution in [0.2, 0.25) is 0 Å². The van der Waals surface area contributed by atoms with E-state index < -0.39 is 10.0 Å². The van der Waals surface area contributed by atoms with E-state index in [-0.39, 0.29) is 29.9 Å².